The second-order valence-electron chi connectivity index (χ2n) is 4.16. The third kappa shape index (κ3) is 1.77. The summed E-state index contributed by atoms with van der Waals surface area (Å²) in [5, 5.41) is 2.20. The third-order valence-electron chi connectivity index (χ3n) is 3.15. The summed E-state index contributed by atoms with van der Waals surface area (Å²) in [4.78, 5) is 3.21. The molecule has 1 aliphatic rings. The number of ether oxygens (including phenoxy) is 2. The number of hydrogen-bond acceptors (Lipinski definition) is 4. The van der Waals surface area contributed by atoms with Gasteiger partial charge in [0.2, 0.25) is 0 Å². The molecule has 0 bridgehead atoms. The number of para-hydroxylation sites is 1. The number of methoxy groups -OCH3 is 1. The van der Waals surface area contributed by atoms with Crippen LogP contribution in [0.1, 0.15) is 0 Å². The summed E-state index contributed by atoms with van der Waals surface area (Å²) in [6.45, 7) is 3.16. The van der Waals surface area contributed by atoms with Gasteiger partial charge in [0.05, 0.1) is 38.9 Å². The molecular weight excluding hydrogens is 250 g/mol. The van der Waals surface area contributed by atoms with E-state index in [-0.39, 0.29) is 0 Å². The number of nitrogens with zero attached hydrogens (tertiary/aromatic N) is 2. The highest BCUT2D eigenvalue weighted by Crippen LogP contribution is 2.24. The quantitative estimate of drug-likeness (QED) is 0.839. The molecule has 18 heavy (non-hydrogen) atoms. The minimum atomic E-state index is 0.691. The minimum Gasteiger partial charge on any atom is -0.494 e. The van der Waals surface area contributed by atoms with Gasteiger partial charge >= 0.3 is 0 Å². The molecule has 0 spiro atoms. The Balaban J connectivity index is 2.16. The molecule has 1 aromatic heterocycles. The fourth-order valence-corrected chi connectivity index (χ4v) is 2.61. The van der Waals surface area contributed by atoms with E-state index < -0.39 is 0 Å². The zero-order valence-corrected chi connectivity index (χ0v) is 11.0. The number of imidazole rings is 1. The highest BCUT2D eigenvalue weighted by atomic mass is 32.1. The number of H-pyrrole nitrogens is 1. The molecule has 0 radical (unpaired) electrons. The Morgan fingerprint density at radius 2 is 2.11 bits per heavy atom. The van der Waals surface area contributed by atoms with E-state index in [9.17, 15) is 0 Å². The Kier molecular flexibility index (Phi) is 2.97. The summed E-state index contributed by atoms with van der Waals surface area (Å²) < 4.78 is 13.4. The van der Waals surface area contributed by atoms with Crippen LogP contribution in [0.2, 0.25) is 0 Å². The predicted octanol–water partition coefficient (Wildman–Crippen LogP) is 1.68. The molecule has 0 atom stereocenters. The van der Waals surface area contributed by atoms with Crippen molar-refractivity contribution in [3.05, 3.63) is 23.0 Å². The first-order chi connectivity index (χ1) is 8.81. The number of rotatable bonds is 2. The number of morpholine rings is 1. The third-order valence-corrected chi connectivity index (χ3v) is 3.42. The smallest absolute Gasteiger partial charge is 0.197 e. The standard InChI is InChI=1S/C12H15N3O2S/c1-16-10-4-2-3-9-11(10)13-12(18)15(9)14-5-7-17-8-6-14/h2-4H,5-8H2,1H3,(H,13,18). The van der Waals surface area contributed by atoms with Gasteiger partial charge in [-0.2, -0.15) is 0 Å². The van der Waals surface area contributed by atoms with Gasteiger partial charge in [0.15, 0.2) is 4.77 Å². The van der Waals surface area contributed by atoms with Crippen LogP contribution in [0, 0.1) is 4.77 Å². The second-order valence-corrected chi connectivity index (χ2v) is 4.55. The van der Waals surface area contributed by atoms with Crippen molar-refractivity contribution in [1.82, 2.24) is 9.66 Å². The van der Waals surface area contributed by atoms with E-state index >= 15 is 0 Å². The molecule has 5 nitrogen and oxygen atoms in total. The summed E-state index contributed by atoms with van der Waals surface area (Å²) in [5.74, 6) is 0.811. The molecule has 0 unspecified atom stereocenters. The van der Waals surface area contributed by atoms with Gasteiger partial charge in [0.25, 0.3) is 0 Å². The zero-order valence-electron chi connectivity index (χ0n) is 10.2. The Morgan fingerprint density at radius 1 is 1.33 bits per heavy atom. The van der Waals surface area contributed by atoms with Gasteiger partial charge < -0.3 is 19.5 Å². The first kappa shape index (κ1) is 11.6. The van der Waals surface area contributed by atoms with Crippen LogP contribution in [0.25, 0.3) is 11.0 Å². The number of fused-ring (bicyclic) bond motifs is 1. The maximum atomic E-state index is 5.41. The molecule has 3 rings (SSSR count). The van der Waals surface area contributed by atoms with Crippen molar-refractivity contribution in [2.45, 2.75) is 0 Å². The molecule has 2 aromatic rings. The molecule has 2 heterocycles. The molecule has 1 aromatic carbocycles. The van der Waals surface area contributed by atoms with Crippen molar-refractivity contribution in [2.75, 3.05) is 38.4 Å². The fourth-order valence-electron chi connectivity index (χ4n) is 2.30. The van der Waals surface area contributed by atoms with Gasteiger partial charge in [-0.1, -0.05) is 6.07 Å². The van der Waals surface area contributed by atoms with Crippen LogP contribution >= 0.6 is 12.2 Å². The molecule has 1 saturated heterocycles. The topological polar surface area (TPSA) is 42.4 Å². The van der Waals surface area contributed by atoms with E-state index in [1.165, 1.54) is 0 Å². The van der Waals surface area contributed by atoms with E-state index in [1.807, 2.05) is 22.9 Å². The Bertz CT molecular complexity index is 613. The number of benzene rings is 1. The van der Waals surface area contributed by atoms with Crippen molar-refractivity contribution in [2.24, 2.45) is 0 Å². The molecule has 96 valence electrons. The molecular formula is C12H15N3O2S. The van der Waals surface area contributed by atoms with Crippen LogP contribution in [0.4, 0.5) is 0 Å². The molecule has 1 N–H and O–H groups in total. The Labute approximate surface area is 110 Å². The largest absolute Gasteiger partial charge is 0.494 e. The van der Waals surface area contributed by atoms with Crippen LogP contribution in [0.5, 0.6) is 5.75 Å². The monoisotopic (exact) mass is 265 g/mol. The van der Waals surface area contributed by atoms with E-state index in [2.05, 4.69) is 9.99 Å². The summed E-state index contributed by atoms with van der Waals surface area (Å²) in [7, 11) is 1.66. The molecule has 1 aliphatic heterocycles. The van der Waals surface area contributed by atoms with Crippen molar-refractivity contribution < 1.29 is 9.47 Å². The van der Waals surface area contributed by atoms with Gasteiger partial charge in [0, 0.05) is 0 Å². The van der Waals surface area contributed by atoms with E-state index in [1.54, 1.807) is 7.11 Å². The van der Waals surface area contributed by atoms with Crippen LogP contribution in [-0.2, 0) is 4.74 Å². The first-order valence-corrected chi connectivity index (χ1v) is 6.33. The van der Waals surface area contributed by atoms with E-state index in [0.717, 1.165) is 43.1 Å². The van der Waals surface area contributed by atoms with Gasteiger partial charge in [0.1, 0.15) is 11.3 Å². The molecule has 0 amide bonds. The van der Waals surface area contributed by atoms with Gasteiger partial charge in [-0.05, 0) is 24.4 Å². The van der Waals surface area contributed by atoms with Crippen molar-refractivity contribution in [3.63, 3.8) is 0 Å². The van der Waals surface area contributed by atoms with Crippen molar-refractivity contribution >= 4 is 23.3 Å². The van der Waals surface area contributed by atoms with Gasteiger partial charge in [-0.3, -0.25) is 0 Å². The highest BCUT2D eigenvalue weighted by molar-refractivity contribution is 7.71. The minimum absolute atomic E-state index is 0.691. The SMILES string of the molecule is COc1cccc2c1[nH]c(=S)n2N1CCOCC1. The molecule has 0 saturated carbocycles. The lowest BCUT2D eigenvalue weighted by Gasteiger charge is -2.29. The molecule has 1 fully saturated rings. The summed E-state index contributed by atoms with van der Waals surface area (Å²) >= 11 is 5.41. The van der Waals surface area contributed by atoms with Crippen LogP contribution in [0.3, 0.4) is 0 Å². The fraction of sp³-hybridized carbons (Fsp3) is 0.417. The Morgan fingerprint density at radius 3 is 2.83 bits per heavy atom. The van der Waals surface area contributed by atoms with Crippen LogP contribution in [0.15, 0.2) is 18.2 Å². The van der Waals surface area contributed by atoms with Crippen LogP contribution < -0.4 is 9.75 Å². The number of aromatic nitrogens is 2. The lowest BCUT2D eigenvalue weighted by atomic mass is 10.3. The van der Waals surface area contributed by atoms with Gasteiger partial charge in [-0.25, -0.2) is 4.68 Å². The average Bonchev–Trinajstić information content (AvgIpc) is 2.75. The second kappa shape index (κ2) is 4.62. The summed E-state index contributed by atoms with van der Waals surface area (Å²) in [5.41, 5.74) is 1.98. The molecule has 6 heteroatoms. The van der Waals surface area contributed by atoms with E-state index in [4.69, 9.17) is 21.7 Å². The predicted molar refractivity (Wildman–Crippen MR) is 72.4 cm³/mol. The van der Waals surface area contributed by atoms with Gasteiger partial charge in [-0.15, -0.1) is 0 Å². The lowest BCUT2D eigenvalue weighted by Crippen LogP contribution is -2.43. The average molecular weight is 265 g/mol. The lowest BCUT2D eigenvalue weighted by molar-refractivity contribution is 0.111. The Hall–Kier alpha value is -1.53. The van der Waals surface area contributed by atoms with E-state index in [0.29, 0.717) is 4.77 Å². The molecule has 0 aliphatic carbocycles. The summed E-state index contributed by atoms with van der Waals surface area (Å²) in [6, 6.07) is 5.94. The summed E-state index contributed by atoms with van der Waals surface area (Å²) in [6.07, 6.45) is 0. The first-order valence-electron chi connectivity index (χ1n) is 5.92. The number of nitrogens with one attached hydrogen (secondary N) is 1. The maximum absolute atomic E-state index is 5.41. The van der Waals surface area contributed by atoms with Crippen molar-refractivity contribution in [3.8, 4) is 5.75 Å². The number of hydrogen-bond donors (Lipinski definition) is 1. The number of aromatic amines is 1. The zero-order chi connectivity index (χ0) is 12.5. The highest BCUT2D eigenvalue weighted by Gasteiger charge is 2.16. The normalized spacial score (nSPS) is 16.2. The maximum Gasteiger partial charge on any atom is 0.197 e. The van der Waals surface area contributed by atoms with Crippen molar-refractivity contribution in [1.29, 1.82) is 0 Å². The van der Waals surface area contributed by atoms with Crippen LogP contribution in [-0.4, -0.2) is 43.1 Å².